The lowest BCUT2D eigenvalue weighted by Crippen LogP contribution is -2.14. The number of thioether (sulfide) groups is 1. The molecule has 1 aromatic rings. The molecule has 0 saturated heterocycles. The highest BCUT2D eigenvalue weighted by Gasteiger charge is 1.94. The van der Waals surface area contributed by atoms with Gasteiger partial charge in [-0.05, 0) is 54.4 Å². The summed E-state index contributed by atoms with van der Waals surface area (Å²) in [5, 5.41) is 0. The van der Waals surface area contributed by atoms with Crippen molar-refractivity contribution in [2.45, 2.75) is 5.75 Å². The molecule has 0 saturated carbocycles. The predicted molar refractivity (Wildman–Crippen MR) is 73.9 cm³/mol. The Morgan fingerprint density at radius 3 is 2.43 bits per heavy atom. The second-order valence-electron chi connectivity index (χ2n) is 3.48. The zero-order valence-electron chi connectivity index (χ0n) is 8.66. The third kappa shape index (κ3) is 5.22. The average molecular weight is 321 g/mol. The molecule has 0 bridgehead atoms. The van der Waals surface area contributed by atoms with E-state index in [0.717, 1.165) is 12.3 Å². The van der Waals surface area contributed by atoms with Gasteiger partial charge in [0, 0.05) is 21.6 Å². The summed E-state index contributed by atoms with van der Waals surface area (Å²) in [6, 6.07) is 8.76. The zero-order valence-corrected chi connectivity index (χ0v) is 11.6. The first-order valence-corrected chi connectivity index (χ1v) is 6.89. The van der Waals surface area contributed by atoms with Gasteiger partial charge in [0.1, 0.15) is 0 Å². The van der Waals surface area contributed by atoms with Gasteiger partial charge in [0.25, 0.3) is 0 Å². The van der Waals surface area contributed by atoms with Crippen molar-refractivity contribution in [3.63, 3.8) is 0 Å². The van der Waals surface area contributed by atoms with Gasteiger partial charge in [-0.1, -0.05) is 12.1 Å². The number of benzene rings is 1. The quantitative estimate of drug-likeness (QED) is 0.606. The monoisotopic (exact) mass is 321 g/mol. The maximum absolute atomic E-state index is 2.34. The molecule has 1 nitrogen and oxygen atoms in total. The summed E-state index contributed by atoms with van der Waals surface area (Å²) in [4.78, 5) is 2.22. The molecule has 14 heavy (non-hydrogen) atoms. The van der Waals surface area contributed by atoms with Gasteiger partial charge in [-0.25, -0.2) is 0 Å². The lowest BCUT2D eigenvalue weighted by molar-refractivity contribution is 0.437. The minimum absolute atomic E-state index is 1.13. The molecular weight excluding hydrogens is 305 g/mol. The minimum atomic E-state index is 1.13. The van der Waals surface area contributed by atoms with E-state index in [9.17, 15) is 0 Å². The standard InChI is InChI=1S/C11H16INS/c1-13(2)7-8-14-9-10-3-5-11(12)6-4-10/h3-6H,7-9H2,1-2H3. The summed E-state index contributed by atoms with van der Waals surface area (Å²) in [6.07, 6.45) is 0. The van der Waals surface area contributed by atoms with Crippen molar-refractivity contribution in [3.8, 4) is 0 Å². The van der Waals surface area contributed by atoms with Crippen molar-refractivity contribution in [1.29, 1.82) is 0 Å². The molecule has 0 amide bonds. The molecular formula is C11H16INS. The second-order valence-corrected chi connectivity index (χ2v) is 5.83. The van der Waals surface area contributed by atoms with Crippen molar-refractivity contribution >= 4 is 34.4 Å². The van der Waals surface area contributed by atoms with Crippen molar-refractivity contribution < 1.29 is 0 Å². The van der Waals surface area contributed by atoms with Gasteiger partial charge in [0.15, 0.2) is 0 Å². The van der Waals surface area contributed by atoms with Gasteiger partial charge in [-0.3, -0.25) is 0 Å². The normalized spacial score (nSPS) is 10.9. The Hall–Kier alpha value is 0.260. The van der Waals surface area contributed by atoms with Crippen LogP contribution in [0.4, 0.5) is 0 Å². The molecule has 0 aromatic heterocycles. The predicted octanol–water partition coefficient (Wildman–Crippen LogP) is 3.09. The fraction of sp³-hybridized carbons (Fsp3) is 0.455. The highest BCUT2D eigenvalue weighted by Crippen LogP contribution is 2.13. The molecule has 1 rings (SSSR count). The van der Waals surface area contributed by atoms with Crippen LogP contribution >= 0.6 is 34.4 Å². The van der Waals surface area contributed by atoms with E-state index in [2.05, 4.69) is 65.9 Å². The second kappa shape index (κ2) is 6.69. The SMILES string of the molecule is CN(C)CCSCc1ccc(I)cc1. The van der Waals surface area contributed by atoms with E-state index in [1.54, 1.807) is 0 Å². The first-order valence-electron chi connectivity index (χ1n) is 4.65. The van der Waals surface area contributed by atoms with Crippen LogP contribution in [-0.2, 0) is 5.75 Å². The van der Waals surface area contributed by atoms with Crippen LogP contribution in [0.3, 0.4) is 0 Å². The molecule has 0 unspecified atom stereocenters. The fourth-order valence-electron chi connectivity index (χ4n) is 1.02. The minimum Gasteiger partial charge on any atom is -0.309 e. The highest BCUT2D eigenvalue weighted by atomic mass is 127. The van der Waals surface area contributed by atoms with Crippen molar-refractivity contribution in [3.05, 3.63) is 33.4 Å². The van der Waals surface area contributed by atoms with E-state index in [-0.39, 0.29) is 0 Å². The molecule has 0 aliphatic carbocycles. The molecule has 0 atom stereocenters. The molecule has 0 N–H and O–H groups in total. The van der Waals surface area contributed by atoms with Gasteiger partial charge >= 0.3 is 0 Å². The Kier molecular flexibility index (Phi) is 5.89. The Labute approximate surface area is 104 Å². The van der Waals surface area contributed by atoms with Crippen LogP contribution in [0, 0.1) is 3.57 Å². The number of hydrogen-bond donors (Lipinski definition) is 0. The topological polar surface area (TPSA) is 3.24 Å². The number of rotatable bonds is 5. The molecule has 1 aromatic carbocycles. The maximum Gasteiger partial charge on any atom is 0.0185 e. The summed E-state index contributed by atoms with van der Waals surface area (Å²) >= 11 is 4.33. The van der Waals surface area contributed by atoms with E-state index in [1.165, 1.54) is 14.9 Å². The van der Waals surface area contributed by atoms with Crippen LogP contribution in [-0.4, -0.2) is 31.3 Å². The molecule has 78 valence electrons. The van der Waals surface area contributed by atoms with E-state index in [0.29, 0.717) is 0 Å². The zero-order chi connectivity index (χ0) is 10.4. The number of nitrogens with zero attached hydrogens (tertiary/aromatic N) is 1. The summed E-state index contributed by atoms with van der Waals surface area (Å²) in [6.45, 7) is 1.16. The van der Waals surface area contributed by atoms with Gasteiger partial charge in [-0.15, -0.1) is 0 Å². The van der Waals surface area contributed by atoms with Gasteiger partial charge < -0.3 is 4.90 Å². The van der Waals surface area contributed by atoms with Crippen LogP contribution in [0.25, 0.3) is 0 Å². The first-order chi connectivity index (χ1) is 6.68. The number of hydrogen-bond acceptors (Lipinski definition) is 2. The lowest BCUT2D eigenvalue weighted by Gasteiger charge is -2.08. The van der Waals surface area contributed by atoms with Crippen LogP contribution in [0.2, 0.25) is 0 Å². The van der Waals surface area contributed by atoms with Crippen LogP contribution in [0.5, 0.6) is 0 Å². The Bertz CT molecular complexity index is 258. The van der Waals surface area contributed by atoms with Crippen LogP contribution in [0.15, 0.2) is 24.3 Å². The Morgan fingerprint density at radius 2 is 1.86 bits per heavy atom. The van der Waals surface area contributed by atoms with E-state index < -0.39 is 0 Å². The van der Waals surface area contributed by atoms with E-state index in [4.69, 9.17) is 0 Å². The highest BCUT2D eigenvalue weighted by molar-refractivity contribution is 14.1. The fourth-order valence-corrected chi connectivity index (χ4v) is 2.44. The first kappa shape index (κ1) is 12.3. The maximum atomic E-state index is 2.34. The van der Waals surface area contributed by atoms with Gasteiger partial charge in [0.05, 0.1) is 0 Å². The Balaban J connectivity index is 2.21. The molecule has 0 radical (unpaired) electrons. The van der Waals surface area contributed by atoms with Crippen molar-refractivity contribution in [2.24, 2.45) is 0 Å². The lowest BCUT2D eigenvalue weighted by atomic mass is 10.2. The summed E-state index contributed by atoms with van der Waals surface area (Å²) in [7, 11) is 4.23. The third-order valence-corrected chi connectivity index (χ3v) is 3.59. The molecule has 0 heterocycles. The van der Waals surface area contributed by atoms with Gasteiger partial charge in [-0.2, -0.15) is 11.8 Å². The summed E-state index contributed by atoms with van der Waals surface area (Å²) in [5.41, 5.74) is 1.43. The average Bonchev–Trinajstić information content (AvgIpc) is 2.15. The van der Waals surface area contributed by atoms with Crippen molar-refractivity contribution in [1.82, 2.24) is 4.90 Å². The molecule has 0 aliphatic heterocycles. The smallest absolute Gasteiger partial charge is 0.0185 e. The van der Waals surface area contributed by atoms with Crippen LogP contribution in [0.1, 0.15) is 5.56 Å². The Morgan fingerprint density at radius 1 is 1.21 bits per heavy atom. The molecule has 0 aliphatic rings. The van der Waals surface area contributed by atoms with Gasteiger partial charge in [0.2, 0.25) is 0 Å². The summed E-state index contributed by atoms with van der Waals surface area (Å²) in [5.74, 6) is 2.34. The number of halogens is 1. The molecule has 0 spiro atoms. The van der Waals surface area contributed by atoms with E-state index >= 15 is 0 Å². The van der Waals surface area contributed by atoms with Crippen LogP contribution < -0.4 is 0 Å². The summed E-state index contributed by atoms with van der Waals surface area (Å²) < 4.78 is 1.31. The largest absolute Gasteiger partial charge is 0.309 e. The van der Waals surface area contributed by atoms with Crippen molar-refractivity contribution in [2.75, 3.05) is 26.4 Å². The molecule has 0 fully saturated rings. The third-order valence-electron chi connectivity index (χ3n) is 1.86. The van der Waals surface area contributed by atoms with E-state index in [1.807, 2.05) is 11.8 Å². The molecule has 3 heteroatoms.